The SMILES string of the molecule is C[C@H]1[C@H](C)CCC[C@@H]1NC(=O)CSc1nc2ccccc2[nH]1. The van der Waals surface area contributed by atoms with E-state index in [1.165, 1.54) is 24.6 Å². The first kappa shape index (κ1) is 15.4. The lowest BCUT2D eigenvalue weighted by Gasteiger charge is -2.34. The minimum atomic E-state index is 0.108. The molecule has 0 saturated heterocycles. The van der Waals surface area contributed by atoms with E-state index in [1.54, 1.807) is 0 Å². The molecule has 1 heterocycles. The predicted molar refractivity (Wildman–Crippen MR) is 90.9 cm³/mol. The first-order chi connectivity index (χ1) is 10.6. The Labute approximate surface area is 135 Å². The molecule has 5 heteroatoms. The average molecular weight is 317 g/mol. The van der Waals surface area contributed by atoms with Gasteiger partial charge in [0.1, 0.15) is 0 Å². The van der Waals surface area contributed by atoms with Gasteiger partial charge in [-0.3, -0.25) is 4.79 Å². The molecule has 0 unspecified atom stereocenters. The molecule has 1 amide bonds. The van der Waals surface area contributed by atoms with Crippen LogP contribution in [0.5, 0.6) is 0 Å². The van der Waals surface area contributed by atoms with Gasteiger partial charge in [-0.1, -0.05) is 50.6 Å². The van der Waals surface area contributed by atoms with Gasteiger partial charge in [0.2, 0.25) is 5.91 Å². The van der Waals surface area contributed by atoms with E-state index in [-0.39, 0.29) is 5.91 Å². The standard InChI is InChI=1S/C17H23N3OS/c1-11-6-5-9-13(12(11)2)18-16(21)10-22-17-19-14-7-3-4-8-15(14)20-17/h3-4,7-8,11-13H,5-6,9-10H2,1-2H3,(H,18,21)(H,19,20)/t11-,12+,13+/m1/s1. The van der Waals surface area contributed by atoms with Crippen LogP contribution < -0.4 is 5.32 Å². The number of benzene rings is 1. The number of hydrogen-bond donors (Lipinski definition) is 2. The number of para-hydroxylation sites is 2. The third-order valence-corrected chi connectivity index (χ3v) is 5.63. The van der Waals surface area contributed by atoms with Crippen molar-refractivity contribution < 1.29 is 4.79 Å². The first-order valence-corrected chi connectivity index (χ1v) is 8.99. The third kappa shape index (κ3) is 3.46. The Morgan fingerprint density at radius 3 is 3.00 bits per heavy atom. The molecule has 22 heavy (non-hydrogen) atoms. The highest BCUT2D eigenvalue weighted by Crippen LogP contribution is 2.29. The number of imidazole rings is 1. The fourth-order valence-corrected chi connectivity index (χ4v) is 3.86. The smallest absolute Gasteiger partial charge is 0.230 e. The number of carbonyl (C=O) groups is 1. The highest BCUT2D eigenvalue weighted by molar-refractivity contribution is 7.99. The number of nitrogens with zero attached hydrogens (tertiary/aromatic N) is 1. The number of fused-ring (bicyclic) bond motifs is 1. The van der Waals surface area contributed by atoms with E-state index < -0.39 is 0 Å². The van der Waals surface area contributed by atoms with E-state index in [0.717, 1.165) is 22.6 Å². The zero-order chi connectivity index (χ0) is 15.5. The van der Waals surface area contributed by atoms with Gasteiger partial charge >= 0.3 is 0 Å². The molecule has 3 atom stereocenters. The Hall–Kier alpha value is -1.49. The molecule has 118 valence electrons. The van der Waals surface area contributed by atoms with Crippen molar-refractivity contribution in [2.24, 2.45) is 11.8 Å². The van der Waals surface area contributed by atoms with Gasteiger partial charge in [0.15, 0.2) is 5.16 Å². The Balaban J connectivity index is 1.53. The number of thioether (sulfide) groups is 1. The van der Waals surface area contributed by atoms with E-state index in [1.807, 2.05) is 24.3 Å². The van der Waals surface area contributed by atoms with Crippen LogP contribution in [0.1, 0.15) is 33.1 Å². The number of carbonyl (C=O) groups excluding carboxylic acids is 1. The van der Waals surface area contributed by atoms with E-state index in [2.05, 4.69) is 29.1 Å². The molecule has 1 aliphatic rings. The molecule has 3 rings (SSSR count). The Bertz CT molecular complexity index is 621. The predicted octanol–water partition coefficient (Wildman–Crippen LogP) is 3.60. The quantitative estimate of drug-likeness (QED) is 0.847. The van der Waals surface area contributed by atoms with Crippen LogP contribution in [0.3, 0.4) is 0 Å². The maximum Gasteiger partial charge on any atom is 0.230 e. The minimum absolute atomic E-state index is 0.108. The van der Waals surface area contributed by atoms with E-state index in [4.69, 9.17) is 0 Å². The second kappa shape index (κ2) is 6.73. The molecule has 0 radical (unpaired) electrons. The van der Waals surface area contributed by atoms with Crippen LogP contribution in [0.25, 0.3) is 11.0 Å². The highest BCUT2D eigenvalue weighted by Gasteiger charge is 2.28. The number of nitrogens with one attached hydrogen (secondary N) is 2. The summed E-state index contributed by atoms with van der Waals surface area (Å²) in [7, 11) is 0. The van der Waals surface area contributed by atoms with Gasteiger partial charge in [0, 0.05) is 6.04 Å². The van der Waals surface area contributed by atoms with Crippen molar-refractivity contribution in [3.05, 3.63) is 24.3 Å². The molecule has 2 N–H and O–H groups in total. The number of hydrogen-bond acceptors (Lipinski definition) is 3. The summed E-state index contributed by atoms with van der Waals surface area (Å²) in [6, 6.07) is 8.24. The number of aromatic nitrogens is 2. The fraction of sp³-hybridized carbons (Fsp3) is 0.529. The lowest BCUT2D eigenvalue weighted by atomic mass is 9.78. The monoisotopic (exact) mass is 317 g/mol. The molecular formula is C17H23N3OS. The van der Waals surface area contributed by atoms with Crippen molar-refractivity contribution in [1.29, 1.82) is 0 Å². The van der Waals surface area contributed by atoms with E-state index in [9.17, 15) is 4.79 Å². The Kier molecular flexibility index (Phi) is 4.71. The maximum absolute atomic E-state index is 12.2. The molecule has 1 fully saturated rings. The van der Waals surface area contributed by atoms with Gasteiger partial charge in [-0.25, -0.2) is 4.98 Å². The van der Waals surface area contributed by atoms with Crippen LogP contribution in [-0.4, -0.2) is 27.7 Å². The summed E-state index contributed by atoms with van der Waals surface area (Å²) in [5, 5.41) is 4.01. The highest BCUT2D eigenvalue weighted by atomic mass is 32.2. The molecule has 2 aromatic rings. The number of rotatable bonds is 4. The van der Waals surface area contributed by atoms with Crippen molar-refractivity contribution in [2.45, 2.75) is 44.3 Å². The topological polar surface area (TPSA) is 57.8 Å². The van der Waals surface area contributed by atoms with Crippen LogP contribution in [-0.2, 0) is 4.79 Å². The van der Waals surface area contributed by atoms with Gasteiger partial charge in [-0.05, 0) is 30.4 Å². The van der Waals surface area contributed by atoms with Crippen molar-refractivity contribution in [1.82, 2.24) is 15.3 Å². The first-order valence-electron chi connectivity index (χ1n) is 8.00. The summed E-state index contributed by atoms with van der Waals surface area (Å²) in [5.74, 6) is 1.78. The molecule has 0 bridgehead atoms. The van der Waals surface area contributed by atoms with Gasteiger partial charge < -0.3 is 10.3 Å². The van der Waals surface area contributed by atoms with Crippen LogP contribution in [0.15, 0.2) is 29.4 Å². The van der Waals surface area contributed by atoms with Crippen molar-refractivity contribution in [2.75, 3.05) is 5.75 Å². The lowest BCUT2D eigenvalue weighted by Crippen LogP contribution is -2.44. The Morgan fingerprint density at radius 2 is 2.18 bits per heavy atom. The fourth-order valence-electron chi connectivity index (χ4n) is 3.17. The molecule has 0 spiro atoms. The maximum atomic E-state index is 12.2. The van der Waals surface area contributed by atoms with E-state index >= 15 is 0 Å². The minimum Gasteiger partial charge on any atom is -0.352 e. The number of amides is 1. The second-order valence-corrected chi connectivity index (χ2v) is 7.25. The Morgan fingerprint density at radius 1 is 1.36 bits per heavy atom. The summed E-state index contributed by atoms with van der Waals surface area (Å²) < 4.78 is 0. The molecule has 0 aliphatic heterocycles. The third-order valence-electron chi connectivity index (χ3n) is 4.76. The summed E-state index contributed by atoms with van der Waals surface area (Å²) in [4.78, 5) is 19.9. The van der Waals surface area contributed by atoms with Crippen LogP contribution in [0, 0.1) is 11.8 Å². The molecule has 1 aromatic heterocycles. The molecular weight excluding hydrogens is 294 g/mol. The zero-order valence-electron chi connectivity index (χ0n) is 13.1. The van der Waals surface area contributed by atoms with Gasteiger partial charge in [0.05, 0.1) is 16.8 Å². The van der Waals surface area contributed by atoms with Gasteiger partial charge in [0.25, 0.3) is 0 Å². The van der Waals surface area contributed by atoms with Crippen molar-refractivity contribution in [3.8, 4) is 0 Å². The van der Waals surface area contributed by atoms with Gasteiger partial charge in [-0.2, -0.15) is 0 Å². The van der Waals surface area contributed by atoms with Gasteiger partial charge in [-0.15, -0.1) is 0 Å². The van der Waals surface area contributed by atoms with Crippen LogP contribution >= 0.6 is 11.8 Å². The van der Waals surface area contributed by atoms with Crippen molar-refractivity contribution in [3.63, 3.8) is 0 Å². The number of H-pyrrole nitrogens is 1. The molecule has 1 aliphatic carbocycles. The summed E-state index contributed by atoms with van der Waals surface area (Å²) in [5.41, 5.74) is 1.96. The van der Waals surface area contributed by atoms with Crippen LogP contribution in [0.4, 0.5) is 0 Å². The van der Waals surface area contributed by atoms with Crippen LogP contribution in [0.2, 0.25) is 0 Å². The average Bonchev–Trinajstić information content (AvgIpc) is 2.93. The summed E-state index contributed by atoms with van der Waals surface area (Å²) in [6.07, 6.45) is 3.60. The number of aromatic amines is 1. The molecule has 4 nitrogen and oxygen atoms in total. The molecule has 1 saturated carbocycles. The summed E-state index contributed by atoms with van der Waals surface area (Å²) in [6.45, 7) is 4.54. The summed E-state index contributed by atoms with van der Waals surface area (Å²) >= 11 is 1.47. The molecule has 1 aromatic carbocycles. The lowest BCUT2D eigenvalue weighted by molar-refractivity contribution is -0.120. The zero-order valence-corrected chi connectivity index (χ0v) is 14.0. The second-order valence-electron chi connectivity index (χ2n) is 6.29. The van der Waals surface area contributed by atoms with Crippen molar-refractivity contribution >= 4 is 28.7 Å². The van der Waals surface area contributed by atoms with E-state index in [0.29, 0.717) is 23.6 Å². The normalized spacial score (nSPS) is 25.3. The largest absolute Gasteiger partial charge is 0.352 e.